The molecule has 2 fully saturated rings. The van der Waals surface area contributed by atoms with Crippen LogP contribution in [0.5, 0.6) is 0 Å². The van der Waals surface area contributed by atoms with Crippen molar-refractivity contribution in [3.05, 3.63) is 88.5 Å². The third kappa shape index (κ3) is 5.48. The smallest absolute Gasteiger partial charge is 0.229 e. The van der Waals surface area contributed by atoms with Crippen molar-refractivity contribution in [2.24, 2.45) is 5.92 Å². The van der Waals surface area contributed by atoms with E-state index in [9.17, 15) is 4.79 Å². The lowest BCUT2D eigenvalue weighted by molar-refractivity contribution is -0.117. The maximum atomic E-state index is 12.8. The number of benzene rings is 1. The first kappa shape index (κ1) is 23.9. The van der Waals surface area contributed by atoms with Gasteiger partial charge in [-0.1, -0.05) is 29.8 Å². The van der Waals surface area contributed by atoms with Gasteiger partial charge in [-0.25, -0.2) is 9.97 Å². The number of halogens is 1. The zero-order valence-electron chi connectivity index (χ0n) is 20.9. The molecule has 2 saturated carbocycles. The van der Waals surface area contributed by atoms with Crippen LogP contribution in [0.3, 0.4) is 0 Å². The van der Waals surface area contributed by atoms with Crippen LogP contribution in [-0.4, -0.2) is 33.9 Å². The third-order valence-electron chi connectivity index (χ3n) is 7.28. The van der Waals surface area contributed by atoms with E-state index in [2.05, 4.69) is 43.8 Å². The van der Waals surface area contributed by atoms with Crippen molar-refractivity contribution in [2.45, 2.75) is 44.1 Å². The first-order chi connectivity index (χ1) is 18.1. The number of anilines is 2. The van der Waals surface area contributed by atoms with Gasteiger partial charge in [-0.3, -0.25) is 4.79 Å². The number of imidazole rings is 1. The summed E-state index contributed by atoms with van der Waals surface area (Å²) in [7, 11) is 1.98. The van der Waals surface area contributed by atoms with Crippen LogP contribution < -0.4 is 16.0 Å². The molecule has 190 valence electrons. The number of likely N-dealkylation sites (N-methyl/N-ethyl adjacent to an activating group) is 1. The number of rotatable bonds is 10. The first-order valence-corrected chi connectivity index (χ1v) is 13.4. The molecular weight excluding hydrogens is 484 g/mol. The van der Waals surface area contributed by atoms with Gasteiger partial charge in [0.05, 0.1) is 12.2 Å². The molecule has 0 saturated heterocycles. The van der Waals surface area contributed by atoms with Crippen LogP contribution in [0, 0.1) is 5.92 Å². The molecule has 0 radical (unpaired) electrons. The number of hydrogen-bond donors (Lipinski definition) is 3. The van der Waals surface area contributed by atoms with Crippen molar-refractivity contribution < 1.29 is 4.79 Å². The molecule has 0 bridgehead atoms. The van der Waals surface area contributed by atoms with Crippen molar-refractivity contribution in [3.63, 3.8) is 0 Å². The fraction of sp³-hybridized carbons (Fsp3) is 0.345. The van der Waals surface area contributed by atoms with Crippen LogP contribution >= 0.6 is 11.6 Å². The van der Waals surface area contributed by atoms with E-state index in [1.54, 1.807) is 6.20 Å². The molecule has 2 unspecified atom stereocenters. The standard InChI is InChI=1S/C29H31ClN6O/c1-31-9-7-20-11-21(18-5-6-18)16-36-17-24(34-28(20)36)15-33-23-8-10-32-27(13-23)35-29(37)26-14-25(26)19-3-2-4-22(30)12-19/h2-4,8,10-13,16-18,25-26,31H,5-7,9,14-15H2,1H3,(H2,32,33,35,37). The number of amides is 1. The average molecular weight is 515 g/mol. The number of hydrogen-bond acceptors (Lipinski definition) is 5. The lowest BCUT2D eigenvalue weighted by atomic mass is 10.1. The van der Waals surface area contributed by atoms with E-state index in [1.165, 1.54) is 24.0 Å². The quantitative estimate of drug-likeness (QED) is 0.265. The fourth-order valence-corrected chi connectivity index (χ4v) is 5.22. The monoisotopic (exact) mass is 514 g/mol. The van der Waals surface area contributed by atoms with Crippen LogP contribution in [0.2, 0.25) is 5.02 Å². The topological polar surface area (TPSA) is 83.4 Å². The number of nitrogens with one attached hydrogen (secondary N) is 3. The van der Waals surface area contributed by atoms with E-state index in [0.29, 0.717) is 23.3 Å². The Balaban J connectivity index is 1.10. The summed E-state index contributed by atoms with van der Waals surface area (Å²) in [5.41, 5.74) is 6.70. The SMILES string of the molecule is CNCCc1cc(C2CC2)cn2cc(CNc3ccnc(NC(=O)C4CC4c4cccc(Cl)c4)c3)nc12. The summed E-state index contributed by atoms with van der Waals surface area (Å²) in [6.45, 7) is 1.51. The molecular formula is C29H31ClN6O. The van der Waals surface area contributed by atoms with Gasteiger partial charge in [0.15, 0.2) is 0 Å². The summed E-state index contributed by atoms with van der Waals surface area (Å²) in [6, 6.07) is 13.9. The number of carbonyl (C=O) groups excluding carboxylic acids is 1. The van der Waals surface area contributed by atoms with Crippen LogP contribution in [0.25, 0.3) is 5.65 Å². The van der Waals surface area contributed by atoms with Crippen LogP contribution in [0.15, 0.2) is 61.1 Å². The molecule has 4 aromatic rings. The molecule has 7 nitrogen and oxygen atoms in total. The molecule has 1 aromatic carbocycles. The normalized spacial score (nSPS) is 18.6. The highest BCUT2D eigenvalue weighted by molar-refractivity contribution is 6.30. The summed E-state index contributed by atoms with van der Waals surface area (Å²) < 4.78 is 2.18. The second kappa shape index (κ2) is 10.1. The largest absolute Gasteiger partial charge is 0.379 e. The van der Waals surface area contributed by atoms with Gasteiger partial charge in [0.1, 0.15) is 11.5 Å². The van der Waals surface area contributed by atoms with Crippen molar-refractivity contribution in [2.75, 3.05) is 24.2 Å². The molecule has 1 amide bonds. The van der Waals surface area contributed by atoms with Gasteiger partial charge >= 0.3 is 0 Å². The van der Waals surface area contributed by atoms with E-state index < -0.39 is 0 Å². The Morgan fingerprint density at radius 1 is 1.14 bits per heavy atom. The molecule has 2 aliphatic rings. The van der Waals surface area contributed by atoms with E-state index in [0.717, 1.165) is 42.0 Å². The van der Waals surface area contributed by atoms with E-state index in [1.807, 2.05) is 43.4 Å². The average Bonchev–Trinajstić information content (AvgIpc) is 3.82. The third-order valence-corrected chi connectivity index (χ3v) is 7.52. The zero-order chi connectivity index (χ0) is 25.4. The van der Waals surface area contributed by atoms with E-state index in [-0.39, 0.29) is 17.7 Å². The Morgan fingerprint density at radius 2 is 2.03 bits per heavy atom. The summed E-state index contributed by atoms with van der Waals surface area (Å²) in [4.78, 5) is 22.1. The van der Waals surface area contributed by atoms with Crippen LogP contribution in [0.4, 0.5) is 11.5 Å². The van der Waals surface area contributed by atoms with Crippen molar-refractivity contribution in [1.82, 2.24) is 19.7 Å². The molecule has 2 aliphatic carbocycles. The number of fused-ring (bicyclic) bond motifs is 1. The lowest BCUT2D eigenvalue weighted by Gasteiger charge is -2.08. The van der Waals surface area contributed by atoms with Gasteiger partial charge in [0.25, 0.3) is 0 Å². The Bertz CT molecular complexity index is 1450. The highest BCUT2D eigenvalue weighted by Gasteiger charge is 2.44. The Morgan fingerprint density at radius 3 is 2.84 bits per heavy atom. The van der Waals surface area contributed by atoms with Gasteiger partial charge < -0.3 is 20.4 Å². The predicted octanol–water partition coefficient (Wildman–Crippen LogP) is 5.38. The number of carbonyl (C=O) groups is 1. The van der Waals surface area contributed by atoms with Crippen molar-refractivity contribution >= 4 is 34.7 Å². The maximum Gasteiger partial charge on any atom is 0.229 e. The molecule has 0 aliphatic heterocycles. The Hall–Kier alpha value is -3.42. The molecule has 6 rings (SSSR count). The minimum absolute atomic E-state index is 0.00413. The minimum atomic E-state index is -0.0486. The first-order valence-electron chi connectivity index (χ1n) is 13.0. The number of pyridine rings is 2. The summed E-state index contributed by atoms with van der Waals surface area (Å²) in [5.74, 6) is 1.41. The van der Waals surface area contributed by atoms with E-state index in [4.69, 9.17) is 16.6 Å². The summed E-state index contributed by atoms with van der Waals surface area (Å²) in [6.07, 6.45) is 10.4. The molecule has 2 atom stereocenters. The molecule has 0 spiro atoms. The fourth-order valence-electron chi connectivity index (χ4n) is 5.02. The predicted molar refractivity (Wildman–Crippen MR) is 147 cm³/mol. The second-order valence-electron chi connectivity index (χ2n) is 10.2. The maximum absolute atomic E-state index is 12.8. The lowest BCUT2D eigenvalue weighted by Crippen LogP contribution is -2.15. The molecule has 37 heavy (non-hydrogen) atoms. The van der Waals surface area contributed by atoms with Gasteiger partial charge in [-0.15, -0.1) is 0 Å². The second-order valence-corrected chi connectivity index (χ2v) is 10.6. The van der Waals surface area contributed by atoms with Crippen LogP contribution in [-0.2, 0) is 17.8 Å². The Kier molecular flexibility index (Phi) is 6.57. The number of aromatic nitrogens is 3. The molecule has 8 heteroatoms. The van der Waals surface area contributed by atoms with Gasteiger partial charge in [-0.05, 0) is 86.0 Å². The minimum Gasteiger partial charge on any atom is -0.379 e. The highest BCUT2D eigenvalue weighted by Crippen LogP contribution is 2.48. The van der Waals surface area contributed by atoms with Crippen molar-refractivity contribution in [3.8, 4) is 0 Å². The van der Waals surface area contributed by atoms with Gasteiger partial charge in [0.2, 0.25) is 5.91 Å². The zero-order valence-corrected chi connectivity index (χ0v) is 21.6. The van der Waals surface area contributed by atoms with Crippen LogP contribution in [0.1, 0.15) is 53.5 Å². The highest BCUT2D eigenvalue weighted by atomic mass is 35.5. The molecule has 3 N–H and O–H groups in total. The summed E-state index contributed by atoms with van der Waals surface area (Å²) >= 11 is 6.11. The summed E-state index contributed by atoms with van der Waals surface area (Å²) in [5, 5.41) is 10.4. The van der Waals surface area contributed by atoms with Gasteiger partial charge in [-0.2, -0.15) is 0 Å². The van der Waals surface area contributed by atoms with Gasteiger partial charge in [0, 0.05) is 41.3 Å². The number of nitrogens with zero attached hydrogens (tertiary/aromatic N) is 3. The van der Waals surface area contributed by atoms with E-state index >= 15 is 0 Å². The molecule has 3 heterocycles. The van der Waals surface area contributed by atoms with Crippen molar-refractivity contribution in [1.29, 1.82) is 0 Å². The molecule has 3 aromatic heterocycles. The Labute approximate surface area is 221 Å².